The number of para-hydroxylation sites is 1. The molecule has 0 radical (unpaired) electrons. The van der Waals surface area contributed by atoms with Crippen LogP contribution >= 0.6 is 0 Å². The fourth-order valence-corrected chi connectivity index (χ4v) is 9.42. The summed E-state index contributed by atoms with van der Waals surface area (Å²) in [7, 11) is -4.21. The van der Waals surface area contributed by atoms with Crippen molar-refractivity contribution in [2.75, 3.05) is 29.6 Å². The Balaban J connectivity index is 0.886. The number of azo groups is 4. The number of ether oxygens (including phenoxy) is 2. The van der Waals surface area contributed by atoms with Crippen molar-refractivity contribution in [1.29, 1.82) is 0 Å². The average Bonchev–Trinajstić information content (AvgIpc) is 3.56. The lowest BCUT2D eigenvalue weighted by Gasteiger charge is -2.12. The number of benzene rings is 9. The number of aromatic hydroxyl groups is 1. The second-order valence-corrected chi connectivity index (χ2v) is 21.7. The van der Waals surface area contributed by atoms with E-state index in [1.165, 1.54) is 0 Å². The Morgan fingerprint density at radius 3 is 1.57 bits per heavy atom. The molecule has 82 heavy (non-hydrogen) atoms. The van der Waals surface area contributed by atoms with E-state index in [2.05, 4.69) is 58.5 Å². The average molecular weight is 1120 g/mol. The molecule has 0 heterocycles. The zero-order valence-corrected chi connectivity index (χ0v) is 47.6. The maximum absolute atomic E-state index is 13.6. The molecule has 0 bridgehead atoms. The first-order valence-electron chi connectivity index (χ1n) is 26.7. The summed E-state index contributed by atoms with van der Waals surface area (Å²) in [6, 6.07) is 45.5. The van der Waals surface area contributed by atoms with Crippen molar-refractivity contribution >= 4 is 100 Å². The fourth-order valence-electron chi connectivity index (χ4n) is 8.93. The molecule has 0 saturated heterocycles. The van der Waals surface area contributed by atoms with E-state index in [1.807, 2.05) is 170 Å². The molecule has 9 aromatic rings. The normalized spacial score (nSPS) is 12.0. The molecule has 416 valence electrons. The highest BCUT2D eigenvalue weighted by molar-refractivity contribution is 7.85. The molecule has 4 N–H and O–H groups in total. The summed E-state index contributed by atoms with van der Waals surface area (Å²) in [5.74, 6) is 0.342. The molecular weight excluding hydrogens is 1050 g/mol. The lowest BCUT2D eigenvalue weighted by atomic mass is 10.0. The highest BCUT2D eigenvalue weighted by Gasteiger charge is 2.16. The Morgan fingerprint density at radius 1 is 0.476 bits per heavy atom. The SMILES string of the molecule is CCCOc1ccc2ccc(NC(=O)c3cc(C)c(N=Nc4cc(OCCCS(=O)(=O)O)c(N=Nc5cc(C)c(N=Nc6cc(C)c(N=Nc7ccc8cc(Nc9ccccc9)ccc8c7O)cc6C)cc5C)cc4C)cc3C)cc2c1. The van der Waals surface area contributed by atoms with Gasteiger partial charge >= 0.3 is 0 Å². The smallest absolute Gasteiger partial charge is 0.264 e. The molecule has 0 spiro atoms. The van der Waals surface area contributed by atoms with Crippen LogP contribution in [0.25, 0.3) is 21.5 Å². The lowest BCUT2D eigenvalue weighted by molar-refractivity contribution is 0.102. The summed E-state index contributed by atoms with van der Waals surface area (Å²) in [6.07, 6.45) is 0.920. The zero-order chi connectivity index (χ0) is 58.1. The number of carbonyl (C=O) groups is 1. The van der Waals surface area contributed by atoms with Crippen LogP contribution in [0.4, 0.5) is 62.6 Å². The van der Waals surface area contributed by atoms with Gasteiger partial charge in [0.2, 0.25) is 0 Å². The highest BCUT2D eigenvalue weighted by Crippen LogP contribution is 2.41. The molecule has 1 amide bonds. The van der Waals surface area contributed by atoms with Crippen LogP contribution in [0.5, 0.6) is 17.2 Å². The van der Waals surface area contributed by atoms with Gasteiger partial charge in [0.05, 0.1) is 53.1 Å². The minimum absolute atomic E-state index is 0.0181. The van der Waals surface area contributed by atoms with Gasteiger partial charge in [-0.2, -0.15) is 39.1 Å². The molecular formula is C64H62N10O7S. The van der Waals surface area contributed by atoms with Gasteiger partial charge in [-0.1, -0.05) is 43.3 Å². The number of amides is 1. The number of carbonyl (C=O) groups excluding carboxylic acids is 1. The molecule has 9 rings (SSSR count). The summed E-state index contributed by atoms with van der Waals surface area (Å²) in [6.45, 7) is 15.8. The molecule has 17 nitrogen and oxygen atoms in total. The maximum Gasteiger partial charge on any atom is 0.264 e. The van der Waals surface area contributed by atoms with Gasteiger partial charge in [-0.05, 0) is 220 Å². The van der Waals surface area contributed by atoms with Crippen LogP contribution in [0.1, 0.15) is 69.1 Å². The Labute approximate surface area is 476 Å². The number of fused-ring (bicyclic) bond motifs is 2. The number of hydrogen-bond donors (Lipinski definition) is 4. The predicted molar refractivity (Wildman–Crippen MR) is 325 cm³/mol. The quantitative estimate of drug-likeness (QED) is 0.0325. The van der Waals surface area contributed by atoms with Gasteiger partial charge in [-0.15, -0.1) is 10.2 Å². The van der Waals surface area contributed by atoms with Crippen LogP contribution in [0.15, 0.2) is 187 Å². The molecule has 9 aromatic carbocycles. The van der Waals surface area contributed by atoms with Gasteiger partial charge in [-0.3, -0.25) is 9.35 Å². The van der Waals surface area contributed by atoms with E-state index < -0.39 is 15.9 Å². The molecule has 0 fully saturated rings. The lowest BCUT2D eigenvalue weighted by Crippen LogP contribution is -2.13. The first-order valence-corrected chi connectivity index (χ1v) is 28.3. The molecule has 0 aliphatic rings. The van der Waals surface area contributed by atoms with Crippen molar-refractivity contribution in [3.63, 3.8) is 0 Å². The number of nitrogens with zero attached hydrogens (tertiary/aromatic N) is 8. The van der Waals surface area contributed by atoms with Crippen LogP contribution in [0.2, 0.25) is 0 Å². The third kappa shape index (κ3) is 14.3. The number of phenols is 1. The van der Waals surface area contributed by atoms with E-state index in [4.69, 9.17) is 9.47 Å². The second-order valence-electron chi connectivity index (χ2n) is 20.1. The molecule has 18 heteroatoms. The predicted octanol–water partition coefficient (Wildman–Crippen LogP) is 19.0. The number of hydrogen-bond acceptors (Lipinski definition) is 15. The summed E-state index contributed by atoms with van der Waals surface area (Å²) in [5, 5.41) is 57.6. The summed E-state index contributed by atoms with van der Waals surface area (Å²) in [4.78, 5) is 13.6. The number of phenolic OH excluding ortho intramolecular Hbond substituents is 1. The molecule has 0 unspecified atom stereocenters. The number of rotatable bonds is 20. The topological polar surface area (TPSA) is 233 Å². The van der Waals surface area contributed by atoms with Crippen molar-refractivity contribution in [2.24, 2.45) is 40.9 Å². The number of nitrogens with one attached hydrogen (secondary N) is 2. The molecule has 0 saturated carbocycles. The van der Waals surface area contributed by atoms with E-state index in [-0.39, 0.29) is 30.4 Å². The second kappa shape index (κ2) is 25.3. The highest BCUT2D eigenvalue weighted by atomic mass is 32.2. The molecule has 0 atom stereocenters. The Morgan fingerprint density at radius 2 is 0.976 bits per heavy atom. The third-order valence-electron chi connectivity index (χ3n) is 13.5. The summed E-state index contributed by atoms with van der Waals surface area (Å²) < 4.78 is 44.3. The minimum Gasteiger partial charge on any atom is -0.505 e. The van der Waals surface area contributed by atoms with Gasteiger partial charge in [-0.25, -0.2) is 0 Å². The van der Waals surface area contributed by atoms with Crippen molar-refractivity contribution < 1.29 is 32.3 Å². The molecule has 0 aliphatic carbocycles. The van der Waals surface area contributed by atoms with Crippen molar-refractivity contribution in [3.05, 3.63) is 190 Å². The molecule has 0 aliphatic heterocycles. The number of aryl methyl sites for hydroxylation is 7. The van der Waals surface area contributed by atoms with Crippen LogP contribution in [-0.2, 0) is 10.1 Å². The monoisotopic (exact) mass is 1110 g/mol. The van der Waals surface area contributed by atoms with Crippen LogP contribution in [0, 0.1) is 48.5 Å². The minimum atomic E-state index is -4.21. The van der Waals surface area contributed by atoms with Crippen molar-refractivity contribution in [1.82, 2.24) is 0 Å². The van der Waals surface area contributed by atoms with Crippen molar-refractivity contribution in [3.8, 4) is 17.2 Å². The van der Waals surface area contributed by atoms with E-state index in [1.54, 1.807) is 24.3 Å². The molecule has 0 aromatic heterocycles. The van der Waals surface area contributed by atoms with Gasteiger partial charge in [0.15, 0.2) is 5.75 Å². The van der Waals surface area contributed by atoms with Crippen LogP contribution in [-0.4, -0.2) is 43.0 Å². The van der Waals surface area contributed by atoms with Gasteiger partial charge in [0.25, 0.3) is 16.0 Å². The summed E-state index contributed by atoms with van der Waals surface area (Å²) >= 11 is 0. The Bertz CT molecular complexity index is 4150. The first kappa shape index (κ1) is 57.2. The van der Waals surface area contributed by atoms with Crippen LogP contribution in [0.3, 0.4) is 0 Å². The van der Waals surface area contributed by atoms with Gasteiger partial charge in [0.1, 0.15) is 22.9 Å². The van der Waals surface area contributed by atoms with Gasteiger partial charge in [0, 0.05) is 34.1 Å². The Hall–Kier alpha value is -9.52. The maximum atomic E-state index is 13.6. The van der Waals surface area contributed by atoms with Crippen molar-refractivity contribution in [2.45, 2.75) is 68.2 Å². The first-order chi connectivity index (χ1) is 39.4. The summed E-state index contributed by atoms with van der Waals surface area (Å²) in [5.41, 5.74) is 12.6. The van der Waals surface area contributed by atoms with E-state index in [0.29, 0.717) is 79.9 Å². The van der Waals surface area contributed by atoms with E-state index >= 15 is 0 Å². The van der Waals surface area contributed by atoms with Gasteiger partial charge < -0.3 is 25.2 Å². The number of anilines is 3. The fraction of sp³-hybridized carbons (Fsp3) is 0.203. The van der Waals surface area contributed by atoms with E-state index in [0.717, 1.165) is 67.5 Å². The third-order valence-corrected chi connectivity index (χ3v) is 14.3. The van der Waals surface area contributed by atoms with Crippen LogP contribution < -0.4 is 20.1 Å². The largest absolute Gasteiger partial charge is 0.505 e. The standard InChI is InChI=1S/C64H62N10O7S/c1-9-24-80-51-21-17-45-16-19-50(35-47(45)36-51)66-64(76)53-27-39(3)55(28-38(53)2)69-73-60-37-62(81-25-13-26-82(77,78)79)61(33-44(60)8)74-72-59-32-42(6)58(31-43(59)7)71-70-57-30-40(4)56(29-41(57)5)68-67-54-23-18-46-34-49(20-22-52(46)63(54)75)65-48-14-11-10-12-15-48/h10-12,14-23,27-37,65,75H,9,13,24-26H2,1-8H3,(H,66,76)(H,77,78,79). The zero-order valence-electron chi connectivity index (χ0n) is 46.8. The van der Waals surface area contributed by atoms with E-state index in [9.17, 15) is 22.9 Å². The Kier molecular flexibility index (Phi) is 17.6.